The largest absolute Gasteiger partial charge is 0.279 e. The number of hydrazone groups is 1. The minimum Gasteiger partial charge on any atom is -0.279 e. The summed E-state index contributed by atoms with van der Waals surface area (Å²) in [6.45, 7) is 3.65. The molecule has 0 aliphatic rings. The fraction of sp³-hybridized carbons (Fsp3) is 0.0909. The summed E-state index contributed by atoms with van der Waals surface area (Å²) >= 11 is 0. The molecule has 3 rings (SSSR count). The third kappa shape index (κ3) is 5.27. The maximum atomic E-state index is 13.1. The molecule has 3 aromatic rings. The SMILES string of the molecule is Cc1ccc(NS(=O)(=O)c2cc([N+](=O)[O-])ccc2NN=Cc2ccc(C#N)cc2)c(C)c1. The summed E-state index contributed by atoms with van der Waals surface area (Å²) in [6, 6.07) is 17.3. The van der Waals surface area contributed by atoms with Gasteiger partial charge in [-0.25, -0.2) is 8.42 Å². The highest BCUT2D eigenvalue weighted by atomic mass is 32.2. The minimum atomic E-state index is -4.17. The van der Waals surface area contributed by atoms with E-state index in [4.69, 9.17) is 5.26 Å². The average molecular weight is 449 g/mol. The van der Waals surface area contributed by atoms with Crippen molar-refractivity contribution in [3.8, 4) is 6.07 Å². The van der Waals surface area contributed by atoms with Crippen LogP contribution >= 0.6 is 0 Å². The van der Waals surface area contributed by atoms with Crippen LogP contribution in [0.15, 0.2) is 70.7 Å². The van der Waals surface area contributed by atoms with E-state index in [9.17, 15) is 18.5 Å². The molecule has 0 spiro atoms. The lowest BCUT2D eigenvalue weighted by Gasteiger charge is -2.14. The Morgan fingerprint density at radius 3 is 2.34 bits per heavy atom. The summed E-state index contributed by atoms with van der Waals surface area (Å²) < 4.78 is 28.6. The van der Waals surface area contributed by atoms with Gasteiger partial charge in [0.05, 0.1) is 34.1 Å². The molecule has 0 aliphatic heterocycles. The van der Waals surface area contributed by atoms with Gasteiger partial charge < -0.3 is 0 Å². The van der Waals surface area contributed by atoms with Crippen LogP contribution in [0.4, 0.5) is 17.1 Å². The second-order valence-corrected chi connectivity index (χ2v) is 8.62. The van der Waals surface area contributed by atoms with Gasteiger partial charge in [-0.2, -0.15) is 10.4 Å². The van der Waals surface area contributed by atoms with Gasteiger partial charge in [0.15, 0.2) is 0 Å². The predicted molar refractivity (Wildman–Crippen MR) is 122 cm³/mol. The lowest BCUT2D eigenvalue weighted by atomic mass is 10.1. The van der Waals surface area contributed by atoms with E-state index in [0.717, 1.165) is 11.6 Å². The summed E-state index contributed by atoms with van der Waals surface area (Å²) in [5.41, 5.74) is 5.57. The molecule has 9 nitrogen and oxygen atoms in total. The second-order valence-electron chi connectivity index (χ2n) is 6.97. The number of sulfonamides is 1. The van der Waals surface area contributed by atoms with Crippen molar-refractivity contribution < 1.29 is 13.3 Å². The Hall–Kier alpha value is -4.23. The third-order valence-electron chi connectivity index (χ3n) is 4.53. The molecule has 0 aliphatic carbocycles. The number of nitriles is 1. The fourth-order valence-corrected chi connectivity index (χ4v) is 4.19. The van der Waals surface area contributed by atoms with Crippen LogP contribution in [0, 0.1) is 35.3 Å². The number of benzene rings is 3. The van der Waals surface area contributed by atoms with Crippen LogP contribution in [0.5, 0.6) is 0 Å². The summed E-state index contributed by atoms with van der Waals surface area (Å²) in [4.78, 5) is 10.2. The topological polar surface area (TPSA) is 137 Å². The number of nitro groups is 1. The molecule has 0 amide bonds. The summed E-state index contributed by atoms with van der Waals surface area (Å²) in [6.07, 6.45) is 1.44. The Labute approximate surface area is 185 Å². The maximum Gasteiger partial charge on any atom is 0.270 e. The molecule has 0 saturated carbocycles. The van der Waals surface area contributed by atoms with E-state index < -0.39 is 14.9 Å². The molecule has 0 unspecified atom stereocenters. The molecular weight excluding hydrogens is 430 g/mol. The highest BCUT2D eigenvalue weighted by molar-refractivity contribution is 7.92. The van der Waals surface area contributed by atoms with Crippen molar-refractivity contribution in [1.82, 2.24) is 0 Å². The molecule has 0 atom stereocenters. The van der Waals surface area contributed by atoms with E-state index in [-0.39, 0.29) is 16.3 Å². The first-order valence-electron chi connectivity index (χ1n) is 9.37. The van der Waals surface area contributed by atoms with E-state index in [2.05, 4.69) is 15.2 Å². The minimum absolute atomic E-state index is 0.0674. The number of hydrogen-bond acceptors (Lipinski definition) is 7. The molecule has 2 N–H and O–H groups in total. The van der Waals surface area contributed by atoms with Crippen LogP contribution in [0.25, 0.3) is 0 Å². The molecule has 0 bridgehead atoms. The number of nitrogens with one attached hydrogen (secondary N) is 2. The van der Waals surface area contributed by atoms with Gasteiger partial charge in [-0.3, -0.25) is 20.3 Å². The highest BCUT2D eigenvalue weighted by Gasteiger charge is 2.23. The van der Waals surface area contributed by atoms with E-state index >= 15 is 0 Å². The number of anilines is 2. The Kier molecular flexibility index (Phi) is 6.51. The average Bonchev–Trinajstić information content (AvgIpc) is 2.76. The normalized spacial score (nSPS) is 11.2. The summed E-state index contributed by atoms with van der Waals surface area (Å²) in [5, 5.41) is 24.1. The Morgan fingerprint density at radius 2 is 1.72 bits per heavy atom. The standard InChI is InChI=1S/C22H19N5O4S/c1-15-3-9-20(16(2)11-15)26-32(30,31)22-12-19(27(28)29)8-10-21(22)25-24-14-18-6-4-17(13-23)5-7-18/h3-12,14,25-26H,1-2H3. The first kappa shape index (κ1) is 22.5. The zero-order valence-electron chi connectivity index (χ0n) is 17.2. The quantitative estimate of drug-likeness (QED) is 0.313. The lowest BCUT2D eigenvalue weighted by Crippen LogP contribution is -2.16. The van der Waals surface area contributed by atoms with Gasteiger partial charge in [0.2, 0.25) is 0 Å². The third-order valence-corrected chi connectivity index (χ3v) is 5.94. The molecule has 0 heterocycles. The molecular formula is C22H19N5O4S. The molecule has 32 heavy (non-hydrogen) atoms. The molecule has 0 aromatic heterocycles. The monoisotopic (exact) mass is 449 g/mol. The Morgan fingerprint density at radius 1 is 1.03 bits per heavy atom. The second kappa shape index (κ2) is 9.28. The van der Waals surface area contributed by atoms with Gasteiger partial charge in [-0.05, 0) is 49.2 Å². The number of non-ortho nitro benzene ring substituents is 1. The first-order chi connectivity index (χ1) is 15.2. The van der Waals surface area contributed by atoms with E-state index in [1.165, 1.54) is 18.3 Å². The van der Waals surface area contributed by atoms with E-state index in [0.29, 0.717) is 22.4 Å². The Balaban J connectivity index is 1.93. The Bertz CT molecular complexity index is 1340. The fourth-order valence-electron chi connectivity index (χ4n) is 2.89. The van der Waals surface area contributed by atoms with Crippen LogP contribution in [0.1, 0.15) is 22.3 Å². The van der Waals surface area contributed by atoms with Crippen LogP contribution in [0.3, 0.4) is 0 Å². The van der Waals surface area contributed by atoms with Crippen molar-refractivity contribution in [2.45, 2.75) is 18.7 Å². The first-order valence-corrected chi connectivity index (χ1v) is 10.9. The van der Waals surface area contributed by atoms with Crippen molar-refractivity contribution in [3.05, 3.63) is 93.0 Å². The number of aryl methyl sites for hydroxylation is 2. The highest BCUT2D eigenvalue weighted by Crippen LogP contribution is 2.29. The van der Waals surface area contributed by atoms with Gasteiger partial charge in [0, 0.05) is 12.1 Å². The van der Waals surface area contributed by atoms with Crippen molar-refractivity contribution in [1.29, 1.82) is 5.26 Å². The molecule has 0 radical (unpaired) electrons. The van der Waals surface area contributed by atoms with Crippen LogP contribution in [0.2, 0.25) is 0 Å². The van der Waals surface area contributed by atoms with Crippen molar-refractivity contribution in [2.24, 2.45) is 5.10 Å². The number of rotatable bonds is 7. The molecule has 10 heteroatoms. The molecule has 3 aromatic carbocycles. The van der Waals surface area contributed by atoms with E-state index in [1.807, 2.05) is 19.1 Å². The summed E-state index contributed by atoms with van der Waals surface area (Å²) in [5.74, 6) is 0. The summed E-state index contributed by atoms with van der Waals surface area (Å²) in [7, 11) is -4.17. The van der Waals surface area contributed by atoms with E-state index in [1.54, 1.807) is 43.3 Å². The van der Waals surface area contributed by atoms with Crippen LogP contribution < -0.4 is 10.1 Å². The van der Waals surface area contributed by atoms with Crippen LogP contribution in [-0.2, 0) is 10.0 Å². The van der Waals surface area contributed by atoms with Gasteiger partial charge in [0.1, 0.15) is 4.90 Å². The van der Waals surface area contributed by atoms with Gasteiger partial charge in [-0.15, -0.1) is 0 Å². The lowest BCUT2D eigenvalue weighted by molar-refractivity contribution is -0.385. The smallest absolute Gasteiger partial charge is 0.270 e. The maximum absolute atomic E-state index is 13.1. The van der Waals surface area contributed by atoms with Crippen molar-refractivity contribution in [2.75, 3.05) is 10.1 Å². The number of nitro benzene ring substituents is 1. The number of hydrogen-bond donors (Lipinski definition) is 2. The van der Waals surface area contributed by atoms with Crippen molar-refractivity contribution in [3.63, 3.8) is 0 Å². The van der Waals surface area contributed by atoms with Crippen LogP contribution in [-0.4, -0.2) is 19.6 Å². The molecule has 0 fully saturated rings. The predicted octanol–water partition coefficient (Wildman–Crippen LogP) is 4.33. The van der Waals surface area contributed by atoms with Gasteiger partial charge >= 0.3 is 0 Å². The zero-order chi connectivity index (χ0) is 23.3. The van der Waals surface area contributed by atoms with Gasteiger partial charge in [-0.1, -0.05) is 29.8 Å². The molecule has 0 saturated heterocycles. The van der Waals surface area contributed by atoms with Crippen molar-refractivity contribution >= 4 is 33.3 Å². The van der Waals surface area contributed by atoms with Gasteiger partial charge in [0.25, 0.3) is 15.7 Å². The zero-order valence-corrected chi connectivity index (χ0v) is 18.1. The number of nitrogens with zero attached hydrogens (tertiary/aromatic N) is 3. The molecule has 162 valence electrons.